The monoisotopic (exact) mass is 502 g/mol. The van der Waals surface area contributed by atoms with Gasteiger partial charge >= 0.3 is 5.69 Å². The molecule has 3 aromatic heterocycles. The molecule has 1 aromatic carbocycles. The average Bonchev–Trinajstić information content (AvgIpc) is 3.41. The number of fused-ring (bicyclic) bond motifs is 2. The number of hydrogen-bond acceptors (Lipinski definition) is 5. The molecule has 8 nitrogen and oxygen atoms in total. The molecule has 34 heavy (non-hydrogen) atoms. The van der Waals surface area contributed by atoms with Crippen molar-refractivity contribution < 1.29 is 9.13 Å². The summed E-state index contributed by atoms with van der Waals surface area (Å²) >= 11 is 6.46. The van der Waals surface area contributed by atoms with Crippen LogP contribution in [-0.4, -0.2) is 47.2 Å². The molecule has 4 heterocycles. The Kier molecular flexibility index (Phi) is 5.87. The number of imidazole rings is 2. The molecule has 2 aliphatic rings. The second kappa shape index (κ2) is 9.02. The van der Waals surface area contributed by atoms with Crippen molar-refractivity contribution >= 4 is 42.4 Å². The maximum absolute atomic E-state index is 13.9. The van der Waals surface area contributed by atoms with Gasteiger partial charge in [0.15, 0.2) is 10.8 Å². The molecule has 1 saturated heterocycles. The van der Waals surface area contributed by atoms with E-state index in [0.29, 0.717) is 33.7 Å². The van der Waals surface area contributed by atoms with Gasteiger partial charge in [-0.05, 0) is 62.7 Å². The van der Waals surface area contributed by atoms with Gasteiger partial charge in [0.05, 0.1) is 16.9 Å². The van der Waals surface area contributed by atoms with Crippen LogP contribution < -0.4 is 5.69 Å². The number of benzene rings is 1. The second-order valence-electron chi connectivity index (χ2n) is 9.09. The lowest BCUT2D eigenvalue weighted by atomic mass is 9.95. The van der Waals surface area contributed by atoms with Gasteiger partial charge in [0.2, 0.25) is 5.95 Å². The van der Waals surface area contributed by atoms with Gasteiger partial charge in [0, 0.05) is 18.7 Å². The average molecular weight is 503 g/mol. The molecule has 0 spiro atoms. The maximum atomic E-state index is 13.9. The zero-order valence-electron chi connectivity index (χ0n) is 18.5. The third-order valence-corrected chi connectivity index (χ3v) is 9.05. The zero-order chi connectivity index (χ0) is 23.2. The minimum atomic E-state index is -0.379. The van der Waals surface area contributed by atoms with E-state index in [1.54, 1.807) is 15.2 Å². The van der Waals surface area contributed by atoms with Crippen molar-refractivity contribution in [3.05, 3.63) is 46.0 Å². The quantitative estimate of drug-likeness (QED) is 0.315. The van der Waals surface area contributed by atoms with Crippen LogP contribution in [0, 0.1) is 5.82 Å². The first kappa shape index (κ1) is 22.1. The fraction of sp³-hybridized carbons (Fsp3) is 0.478. The summed E-state index contributed by atoms with van der Waals surface area (Å²) in [5, 5.41) is 0.152. The predicted octanol–water partition coefficient (Wildman–Crippen LogP) is 4.94. The van der Waals surface area contributed by atoms with E-state index < -0.39 is 0 Å². The van der Waals surface area contributed by atoms with Gasteiger partial charge in [-0.15, -0.1) is 0 Å². The molecule has 2 fully saturated rings. The topological polar surface area (TPSA) is 90.6 Å². The van der Waals surface area contributed by atoms with Crippen LogP contribution in [0.25, 0.3) is 28.1 Å². The Morgan fingerprint density at radius 2 is 2.00 bits per heavy atom. The molecular formula is C23H25ClFN6O2P. The number of aromatic amines is 1. The fourth-order valence-electron chi connectivity index (χ4n) is 5.18. The van der Waals surface area contributed by atoms with Crippen LogP contribution in [0.3, 0.4) is 0 Å². The van der Waals surface area contributed by atoms with Crippen molar-refractivity contribution in [1.29, 1.82) is 0 Å². The minimum Gasteiger partial charge on any atom is -0.374 e. The fourth-order valence-corrected chi connectivity index (χ4v) is 7.16. The predicted molar refractivity (Wildman–Crippen MR) is 131 cm³/mol. The summed E-state index contributed by atoms with van der Waals surface area (Å²) in [6.45, 7) is 0.888. The highest BCUT2D eigenvalue weighted by atomic mass is 35.5. The van der Waals surface area contributed by atoms with Crippen LogP contribution in [0.2, 0.25) is 5.15 Å². The van der Waals surface area contributed by atoms with E-state index in [4.69, 9.17) is 16.3 Å². The van der Waals surface area contributed by atoms with Crippen molar-refractivity contribution in [3.63, 3.8) is 0 Å². The summed E-state index contributed by atoms with van der Waals surface area (Å²) in [5.41, 5.74) is 2.47. The molecule has 4 aromatic rings. The number of ether oxygens (including phenoxy) is 1. The van der Waals surface area contributed by atoms with Crippen LogP contribution in [0.1, 0.15) is 51.0 Å². The van der Waals surface area contributed by atoms with E-state index in [2.05, 4.69) is 19.9 Å². The Morgan fingerprint density at radius 3 is 2.79 bits per heavy atom. The van der Waals surface area contributed by atoms with Crippen LogP contribution >= 0.6 is 20.2 Å². The summed E-state index contributed by atoms with van der Waals surface area (Å²) in [5.74, 6) is 0.286. The van der Waals surface area contributed by atoms with Crippen LogP contribution in [0.5, 0.6) is 0 Å². The van der Waals surface area contributed by atoms with Crippen molar-refractivity contribution in [2.24, 2.45) is 0 Å². The van der Waals surface area contributed by atoms with Gasteiger partial charge in [0.1, 0.15) is 17.7 Å². The maximum Gasteiger partial charge on any atom is 0.328 e. The number of aromatic nitrogens is 6. The van der Waals surface area contributed by atoms with Crippen molar-refractivity contribution in [3.8, 4) is 5.95 Å². The first-order chi connectivity index (χ1) is 16.6. The highest BCUT2D eigenvalue weighted by molar-refractivity contribution is 7.39. The molecule has 1 saturated carbocycles. The molecule has 178 valence electrons. The van der Waals surface area contributed by atoms with Gasteiger partial charge < -0.3 is 9.72 Å². The number of nitrogens with zero attached hydrogens (tertiary/aromatic N) is 5. The lowest BCUT2D eigenvalue weighted by molar-refractivity contribution is 0.0697. The largest absolute Gasteiger partial charge is 0.374 e. The molecule has 0 radical (unpaired) electrons. The van der Waals surface area contributed by atoms with Gasteiger partial charge in [-0.2, -0.15) is 9.97 Å². The van der Waals surface area contributed by atoms with Crippen LogP contribution in [-0.2, 0) is 4.74 Å². The van der Waals surface area contributed by atoms with Crippen LogP contribution in [0.4, 0.5) is 4.39 Å². The highest BCUT2D eigenvalue weighted by Crippen LogP contribution is 2.42. The Bertz CT molecular complexity index is 1400. The van der Waals surface area contributed by atoms with E-state index in [1.165, 1.54) is 37.7 Å². The Hall–Kier alpha value is -2.35. The number of rotatable bonds is 4. The van der Waals surface area contributed by atoms with Gasteiger partial charge in [-0.3, -0.25) is 9.13 Å². The molecule has 0 amide bonds. The standard InChI is InChI=1S/C23H25ClFN6O2P/c24-20-19-21(29-22(28-20)30-12-26-16-9-4-13(25)11-17(16)30)31(23(32)27-19)14-5-7-15(8-6-14)34-18-3-1-2-10-33-18/h4,9,11-12,14-15,18,34H,1-3,5-8,10H2,(H,27,32). The van der Waals surface area contributed by atoms with E-state index in [-0.39, 0.29) is 28.7 Å². The smallest absolute Gasteiger partial charge is 0.328 e. The SMILES string of the molecule is O=c1[nH]c2c(Cl)nc(-n3cnc4ccc(F)cc43)nc2n1C1CCC(PC2CCCCO2)CC1. The third-order valence-electron chi connectivity index (χ3n) is 6.90. The number of H-pyrrole nitrogens is 1. The minimum absolute atomic E-state index is 0.0466. The third kappa shape index (κ3) is 4.04. The summed E-state index contributed by atoms with van der Waals surface area (Å²) in [6, 6.07) is 4.39. The Morgan fingerprint density at radius 1 is 1.15 bits per heavy atom. The highest BCUT2D eigenvalue weighted by Gasteiger charge is 2.29. The summed E-state index contributed by atoms with van der Waals surface area (Å²) in [6.07, 6.45) is 9.10. The van der Waals surface area contributed by atoms with Gasteiger partial charge in [-0.1, -0.05) is 20.2 Å². The molecule has 2 atom stereocenters. The van der Waals surface area contributed by atoms with Crippen molar-refractivity contribution in [2.75, 3.05) is 6.61 Å². The van der Waals surface area contributed by atoms with E-state index in [9.17, 15) is 9.18 Å². The lowest BCUT2D eigenvalue weighted by Crippen LogP contribution is -2.28. The number of nitrogens with one attached hydrogen (secondary N) is 1. The zero-order valence-corrected chi connectivity index (χ0v) is 20.3. The normalized spacial score (nSPS) is 24.0. The lowest BCUT2D eigenvalue weighted by Gasteiger charge is -2.32. The molecule has 11 heteroatoms. The molecule has 1 aliphatic carbocycles. The van der Waals surface area contributed by atoms with Crippen molar-refractivity contribution in [1.82, 2.24) is 29.1 Å². The summed E-state index contributed by atoms with van der Waals surface area (Å²) < 4.78 is 23.1. The molecule has 6 rings (SSSR count). The first-order valence-corrected chi connectivity index (χ1v) is 13.3. The molecule has 1 aliphatic heterocycles. The van der Waals surface area contributed by atoms with Gasteiger partial charge in [-0.25, -0.2) is 14.2 Å². The molecular weight excluding hydrogens is 478 g/mol. The van der Waals surface area contributed by atoms with E-state index in [0.717, 1.165) is 40.9 Å². The number of hydrogen-bond donors (Lipinski definition) is 1. The molecule has 1 N–H and O–H groups in total. The second-order valence-corrected chi connectivity index (χ2v) is 11.2. The number of halogens is 2. The molecule has 2 unspecified atom stereocenters. The summed E-state index contributed by atoms with van der Waals surface area (Å²) in [4.78, 5) is 29.1. The summed E-state index contributed by atoms with van der Waals surface area (Å²) in [7, 11) is 0.829. The van der Waals surface area contributed by atoms with Crippen LogP contribution in [0.15, 0.2) is 29.3 Å². The molecule has 0 bridgehead atoms. The van der Waals surface area contributed by atoms with E-state index in [1.807, 2.05) is 0 Å². The van der Waals surface area contributed by atoms with E-state index >= 15 is 0 Å². The van der Waals surface area contributed by atoms with Gasteiger partial charge in [0.25, 0.3) is 0 Å². The van der Waals surface area contributed by atoms with Crippen molar-refractivity contribution in [2.45, 2.75) is 62.5 Å². The first-order valence-electron chi connectivity index (χ1n) is 11.8. The Balaban J connectivity index is 1.30. The Labute approximate surface area is 201 Å².